The molecule has 4 aromatic carbocycles. The maximum absolute atomic E-state index is 10.4. The van der Waals surface area contributed by atoms with Gasteiger partial charge in [-0.1, -0.05) is 56.1 Å². The van der Waals surface area contributed by atoms with Crippen LogP contribution in [0.25, 0.3) is 21.8 Å². The molecule has 7 rings (SSSR count). The highest BCUT2D eigenvalue weighted by Gasteiger charge is 2.39. The molecule has 2 heterocycles. The lowest BCUT2D eigenvalue weighted by atomic mass is 9.72. The molecule has 4 nitrogen and oxygen atoms in total. The zero-order valence-electron chi connectivity index (χ0n) is 18.9. The lowest BCUT2D eigenvalue weighted by molar-refractivity contribution is 0.473. The van der Waals surface area contributed by atoms with Gasteiger partial charge in [-0.2, -0.15) is 0 Å². The van der Waals surface area contributed by atoms with Crippen LogP contribution in [0.15, 0.2) is 93.9 Å². The van der Waals surface area contributed by atoms with Gasteiger partial charge in [0.2, 0.25) is 0 Å². The highest BCUT2D eigenvalue weighted by atomic mass is 79.9. The second-order valence-electron chi connectivity index (χ2n) is 9.34. The van der Waals surface area contributed by atoms with Crippen molar-refractivity contribution in [3.8, 4) is 11.5 Å². The monoisotopic (exact) mass is 598 g/mol. The van der Waals surface area contributed by atoms with Crippen LogP contribution in [0.3, 0.4) is 0 Å². The van der Waals surface area contributed by atoms with Crippen LogP contribution in [0.4, 0.5) is 0 Å². The molecule has 1 aliphatic rings. The Morgan fingerprint density at radius 1 is 0.556 bits per heavy atom. The molecule has 0 aliphatic heterocycles. The summed E-state index contributed by atoms with van der Waals surface area (Å²) in [5, 5.41) is 23.1. The first-order valence-corrected chi connectivity index (χ1v) is 13.3. The second kappa shape index (κ2) is 8.02. The van der Waals surface area contributed by atoms with Crippen molar-refractivity contribution in [3.63, 3.8) is 0 Å². The Morgan fingerprint density at radius 3 is 1.42 bits per heavy atom. The summed E-state index contributed by atoms with van der Waals surface area (Å²) in [5.74, 6) is 0.242. The first kappa shape index (κ1) is 21.8. The van der Waals surface area contributed by atoms with Crippen LogP contribution in [0.2, 0.25) is 0 Å². The Labute approximate surface area is 223 Å². The Balaban J connectivity index is 1.65. The Kier molecular flexibility index (Phi) is 4.85. The standard InChI is InChI=1S/C30H20Br2N2O2/c31-17-7-9-23-21(13-17)27-25(15-3-1-5-19(35)11-15)29-28(22-14-18(32)8-10-24(22)33-29)26(30(27)34-23)16-4-2-6-20(36)12-16/h1-14,25-26,33-36H. The van der Waals surface area contributed by atoms with Crippen LogP contribution < -0.4 is 0 Å². The predicted molar refractivity (Wildman–Crippen MR) is 150 cm³/mol. The largest absolute Gasteiger partial charge is 0.508 e. The third-order valence-corrected chi connectivity index (χ3v) is 8.21. The molecule has 0 amide bonds. The first-order chi connectivity index (χ1) is 17.5. The van der Waals surface area contributed by atoms with Crippen LogP contribution in [-0.4, -0.2) is 20.2 Å². The van der Waals surface area contributed by atoms with Gasteiger partial charge < -0.3 is 20.2 Å². The molecule has 176 valence electrons. The summed E-state index contributed by atoms with van der Waals surface area (Å²) in [5.41, 5.74) is 8.65. The highest BCUT2D eigenvalue weighted by molar-refractivity contribution is 9.10. The summed E-state index contributed by atoms with van der Waals surface area (Å²) < 4.78 is 2.01. The van der Waals surface area contributed by atoms with E-state index in [9.17, 15) is 10.2 Å². The van der Waals surface area contributed by atoms with Gasteiger partial charge >= 0.3 is 0 Å². The number of phenols is 2. The summed E-state index contributed by atoms with van der Waals surface area (Å²) in [6.45, 7) is 0. The van der Waals surface area contributed by atoms with E-state index in [2.05, 4.69) is 78.2 Å². The predicted octanol–water partition coefficient (Wildman–Crippen LogP) is 8.26. The van der Waals surface area contributed by atoms with E-state index in [1.807, 2.05) is 36.4 Å². The minimum Gasteiger partial charge on any atom is -0.508 e. The average Bonchev–Trinajstić information content (AvgIpc) is 3.40. The lowest BCUT2D eigenvalue weighted by Gasteiger charge is -2.31. The molecule has 0 saturated carbocycles. The molecule has 0 fully saturated rings. The van der Waals surface area contributed by atoms with Gasteiger partial charge in [0.05, 0.1) is 11.8 Å². The number of hydrogen-bond acceptors (Lipinski definition) is 2. The third kappa shape index (κ3) is 3.25. The fourth-order valence-corrected chi connectivity index (χ4v) is 6.58. The maximum atomic E-state index is 10.4. The number of H-pyrrole nitrogens is 2. The molecule has 0 spiro atoms. The van der Waals surface area contributed by atoms with Gasteiger partial charge in [-0.15, -0.1) is 0 Å². The normalized spacial score (nSPS) is 16.8. The number of rotatable bonds is 2. The molecule has 36 heavy (non-hydrogen) atoms. The van der Waals surface area contributed by atoms with Crippen LogP contribution in [0.5, 0.6) is 11.5 Å². The Bertz CT molecular complexity index is 1680. The van der Waals surface area contributed by atoms with Crippen LogP contribution in [-0.2, 0) is 0 Å². The summed E-state index contributed by atoms with van der Waals surface area (Å²) in [4.78, 5) is 7.49. The topological polar surface area (TPSA) is 72.0 Å². The minimum absolute atomic E-state index is 0.120. The summed E-state index contributed by atoms with van der Waals surface area (Å²) >= 11 is 7.34. The van der Waals surface area contributed by atoms with Gasteiger partial charge in [-0.25, -0.2) is 0 Å². The van der Waals surface area contributed by atoms with Crippen molar-refractivity contribution in [2.24, 2.45) is 0 Å². The van der Waals surface area contributed by atoms with Gasteiger partial charge in [0, 0.05) is 42.1 Å². The van der Waals surface area contributed by atoms with Crippen molar-refractivity contribution in [2.75, 3.05) is 0 Å². The number of hydrogen-bond donors (Lipinski definition) is 4. The number of aromatic hydroxyl groups is 2. The van der Waals surface area contributed by atoms with Gasteiger partial charge in [-0.3, -0.25) is 0 Å². The molecule has 0 bridgehead atoms. The second-order valence-corrected chi connectivity index (χ2v) is 11.2. The molecule has 0 radical (unpaired) electrons. The average molecular weight is 600 g/mol. The van der Waals surface area contributed by atoms with Gasteiger partial charge in [0.1, 0.15) is 11.5 Å². The number of fused-ring (bicyclic) bond motifs is 6. The molecule has 6 heteroatoms. The number of aromatic nitrogens is 2. The first-order valence-electron chi connectivity index (χ1n) is 11.7. The Morgan fingerprint density at radius 2 is 1.00 bits per heavy atom. The van der Waals surface area contributed by atoms with Gasteiger partial charge in [-0.05, 0) is 82.9 Å². The SMILES string of the molecule is Oc1cccc(C2c3[nH]c4ccc(Br)cc4c3C(c3cccc(O)c3)c3[nH]c4ccc(Br)cc4c32)c1. The highest BCUT2D eigenvalue weighted by Crippen LogP contribution is 2.53. The number of phenolic OH excluding ortho intramolecular Hbond substituents is 2. The summed E-state index contributed by atoms with van der Waals surface area (Å²) in [6.07, 6.45) is 0. The molecule has 0 saturated heterocycles. The van der Waals surface area contributed by atoms with Crippen molar-refractivity contribution in [3.05, 3.63) is 128 Å². The van der Waals surface area contributed by atoms with Gasteiger partial charge in [0.25, 0.3) is 0 Å². The molecular weight excluding hydrogens is 580 g/mol. The summed E-state index contributed by atoms with van der Waals surface area (Å²) in [6, 6.07) is 27.7. The van der Waals surface area contributed by atoms with E-state index in [0.717, 1.165) is 53.3 Å². The van der Waals surface area contributed by atoms with Crippen molar-refractivity contribution < 1.29 is 10.2 Å². The maximum Gasteiger partial charge on any atom is 0.115 e. The van der Waals surface area contributed by atoms with Crippen molar-refractivity contribution in [2.45, 2.75) is 11.8 Å². The minimum atomic E-state index is -0.120. The number of aromatic amines is 2. The van der Waals surface area contributed by atoms with E-state index >= 15 is 0 Å². The molecule has 2 aromatic heterocycles. The third-order valence-electron chi connectivity index (χ3n) is 7.22. The molecule has 1 aliphatic carbocycles. The van der Waals surface area contributed by atoms with Gasteiger partial charge in [0.15, 0.2) is 0 Å². The lowest BCUT2D eigenvalue weighted by Crippen LogP contribution is -2.19. The van der Waals surface area contributed by atoms with E-state index in [-0.39, 0.29) is 23.3 Å². The molecular formula is C30H20Br2N2O2. The molecule has 6 aromatic rings. The number of halogens is 2. The van der Waals surface area contributed by atoms with E-state index in [1.54, 1.807) is 12.1 Å². The summed E-state index contributed by atoms with van der Waals surface area (Å²) in [7, 11) is 0. The molecule has 2 unspecified atom stereocenters. The molecule has 2 atom stereocenters. The van der Waals surface area contributed by atoms with Crippen LogP contribution >= 0.6 is 31.9 Å². The van der Waals surface area contributed by atoms with Crippen LogP contribution in [0.1, 0.15) is 45.5 Å². The number of benzene rings is 4. The number of nitrogens with one attached hydrogen (secondary N) is 2. The quantitative estimate of drug-likeness (QED) is 0.161. The zero-order chi connectivity index (χ0) is 24.6. The van der Waals surface area contributed by atoms with Crippen molar-refractivity contribution >= 4 is 53.7 Å². The van der Waals surface area contributed by atoms with Crippen LogP contribution in [0, 0.1) is 0 Å². The fourth-order valence-electron chi connectivity index (χ4n) is 5.85. The zero-order valence-corrected chi connectivity index (χ0v) is 22.1. The van der Waals surface area contributed by atoms with E-state index < -0.39 is 0 Å². The molecule has 4 N–H and O–H groups in total. The van der Waals surface area contributed by atoms with Crippen molar-refractivity contribution in [1.82, 2.24) is 9.97 Å². The Hall–Kier alpha value is -3.48. The van der Waals surface area contributed by atoms with E-state index in [0.29, 0.717) is 0 Å². The smallest absolute Gasteiger partial charge is 0.115 e. The van der Waals surface area contributed by atoms with Crippen molar-refractivity contribution in [1.29, 1.82) is 0 Å². The fraction of sp³-hybridized carbons (Fsp3) is 0.0667. The van der Waals surface area contributed by atoms with E-state index in [1.165, 1.54) is 11.1 Å². The van der Waals surface area contributed by atoms with E-state index in [4.69, 9.17) is 0 Å².